The van der Waals surface area contributed by atoms with Gasteiger partial charge < -0.3 is 10.5 Å². The van der Waals surface area contributed by atoms with Gasteiger partial charge in [-0.3, -0.25) is 0 Å². The summed E-state index contributed by atoms with van der Waals surface area (Å²) in [5, 5.41) is 0. The van der Waals surface area contributed by atoms with Crippen molar-refractivity contribution in [3.05, 3.63) is 24.0 Å². The van der Waals surface area contributed by atoms with Crippen molar-refractivity contribution in [1.82, 2.24) is 4.72 Å². The molecule has 0 aliphatic carbocycles. The Labute approximate surface area is 106 Å². The van der Waals surface area contributed by atoms with Crippen molar-refractivity contribution in [1.29, 1.82) is 0 Å². The number of sulfonamides is 1. The van der Waals surface area contributed by atoms with Gasteiger partial charge in [0.15, 0.2) is 0 Å². The molecule has 1 aromatic carbocycles. The second-order valence-corrected chi connectivity index (χ2v) is 5.77. The van der Waals surface area contributed by atoms with Crippen molar-refractivity contribution in [2.75, 3.05) is 18.9 Å². The molecule has 0 fully saturated rings. The van der Waals surface area contributed by atoms with Gasteiger partial charge in [-0.2, -0.15) is 0 Å². The van der Waals surface area contributed by atoms with Crippen LogP contribution >= 0.6 is 0 Å². The Morgan fingerprint density at radius 1 is 1.44 bits per heavy atom. The smallest absolute Gasteiger partial charge is 0.240 e. The molecule has 7 heteroatoms. The van der Waals surface area contributed by atoms with Crippen molar-refractivity contribution < 1.29 is 17.5 Å². The summed E-state index contributed by atoms with van der Waals surface area (Å²) in [7, 11) is -3.72. The van der Waals surface area contributed by atoms with E-state index in [0.29, 0.717) is 0 Å². The van der Waals surface area contributed by atoms with Crippen molar-refractivity contribution >= 4 is 15.7 Å². The molecule has 5 nitrogen and oxygen atoms in total. The molecule has 3 N–H and O–H groups in total. The fourth-order valence-corrected chi connectivity index (χ4v) is 2.25. The van der Waals surface area contributed by atoms with E-state index in [0.717, 1.165) is 6.07 Å². The molecule has 0 radical (unpaired) electrons. The van der Waals surface area contributed by atoms with Crippen LogP contribution in [0.3, 0.4) is 0 Å². The topological polar surface area (TPSA) is 81.4 Å². The van der Waals surface area contributed by atoms with Crippen molar-refractivity contribution in [3.8, 4) is 0 Å². The van der Waals surface area contributed by atoms with Crippen LogP contribution in [0, 0.1) is 5.82 Å². The first-order valence-electron chi connectivity index (χ1n) is 5.49. The molecule has 18 heavy (non-hydrogen) atoms. The maximum absolute atomic E-state index is 13.2. The number of benzene rings is 1. The van der Waals surface area contributed by atoms with Gasteiger partial charge in [0.25, 0.3) is 0 Å². The highest BCUT2D eigenvalue weighted by Crippen LogP contribution is 2.15. The van der Waals surface area contributed by atoms with Crippen LogP contribution in [0.25, 0.3) is 0 Å². The third-order valence-corrected chi connectivity index (χ3v) is 3.59. The van der Waals surface area contributed by atoms with Crippen LogP contribution < -0.4 is 10.5 Å². The summed E-state index contributed by atoms with van der Waals surface area (Å²) in [5.74, 6) is -0.753. The summed E-state index contributed by atoms with van der Waals surface area (Å²) in [6.07, 6.45) is 0.0310. The van der Waals surface area contributed by atoms with Crippen molar-refractivity contribution in [2.24, 2.45) is 0 Å². The van der Waals surface area contributed by atoms with Gasteiger partial charge >= 0.3 is 0 Å². The van der Waals surface area contributed by atoms with Gasteiger partial charge in [-0.05, 0) is 32.0 Å². The summed E-state index contributed by atoms with van der Waals surface area (Å²) >= 11 is 0. The zero-order valence-electron chi connectivity index (χ0n) is 10.3. The molecular formula is C11H17FN2O3S. The molecule has 0 bridgehead atoms. The fraction of sp³-hybridized carbons (Fsp3) is 0.455. The molecule has 102 valence electrons. The zero-order chi connectivity index (χ0) is 13.8. The Kier molecular flexibility index (Phi) is 5.06. The SMILES string of the molecule is CC(C)OCCNS(=O)(=O)c1ccc(N)c(F)c1. The number of ether oxygens (including phenoxy) is 1. The lowest BCUT2D eigenvalue weighted by Crippen LogP contribution is -2.28. The summed E-state index contributed by atoms with van der Waals surface area (Å²) < 4.78 is 44.2. The quantitative estimate of drug-likeness (QED) is 0.602. The Morgan fingerprint density at radius 3 is 2.67 bits per heavy atom. The molecule has 1 rings (SSSR count). The molecule has 1 aromatic rings. The van der Waals surface area contributed by atoms with E-state index in [4.69, 9.17) is 10.5 Å². The minimum Gasteiger partial charge on any atom is -0.396 e. The highest BCUT2D eigenvalue weighted by Gasteiger charge is 2.15. The number of hydrogen-bond acceptors (Lipinski definition) is 4. The van der Waals surface area contributed by atoms with E-state index in [2.05, 4.69) is 4.72 Å². The summed E-state index contributed by atoms with van der Waals surface area (Å²) in [4.78, 5) is -0.154. The van der Waals surface area contributed by atoms with Crippen LogP contribution in [-0.4, -0.2) is 27.7 Å². The Morgan fingerprint density at radius 2 is 2.11 bits per heavy atom. The maximum Gasteiger partial charge on any atom is 0.240 e. The first-order chi connectivity index (χ1) is 8.33. The van der Waals surface area contributed by atoms with Gasteiger partial charge in [0.1, 0.15) is 5.82 Å². The lowest BCUT2D eigenvalue weighted by Gasteiger charge is -2.09. The molecule has 0 amide bonds. The van der Waals surface area contributed by atoms with Crippen LogP contribution in [0.5, 0.6) is 0 Å². The van der Waals surface area contributed by atoms with Gasteiger partial charge in [-0.15, -0.1) is 0 Å². The predicted octanol–water partition coefficient (Wildman–Crippen LogP) is 1.11. The highest BCUT2D eigenvalue weighted by atomic mass is 32.2. The third kappa shape index (κ3) is 4.25. The Hall–Kier alpha value is -1.18. The van der Waals surface area contributed by atoms with Gasteiger partial charge in [-0.1, -0.05) is 0 Å². The van der Waals surface area contributed by atoms with Gasteiger partial charge in [0, 0.05) is 6.54 Å². The molecule has 0 atom stereocenters. The van der Waals surface area contributed by atoms with E-state index in [1.54, 1.807) is 0 Å². The fourth-order valence-electron chi connectivity index (χ4n) is 1.23. The maximum atomic E-state index is 13.2. The molecule has 0 aliphatic heterocycles. The first kappa shape index (κ1) is 14.9. The predicted molar refractivity (Wildman–Crippen MR) is 67.1 cm³/mol. The third-order valence-electron chi connectivity index (χ3n) is 2.13. The number of halogens is 1. The summed E-state index contributed by atoms with van der Waals surface area (Å²) in [6, 6.07) is 3.36. The number of nitrogens with two attached hydrogens (primary N) is 1. The minimum absolute atomic E-state index is 0.0310. The number of hydrogen-bond donors (Lipinski definition) is 2. The summed E-state index contributed by atoms with van der Waals surface area (Å²) in [5.41, 5.74) is 5.19. The Balaban J connectivity index is 2.66. The van der Waals surface area contributed by atoms with Gasteiger partial charge in [0.05, 0.1) is 23.3 Å². The molecule has 0 aliphatic rings. The van der Waals surface area contributed by atoms with Gasteiger partial charge in [0.2, 0.25) is 10.0 Å². The molecule has 0 heterocycles. The van der Waals surface area contributed by atoms with Crippen LogP contribution in [0.4, 0.5) is 10.1 Å². The van der Waals surface area contributed by atoms with E-state index in [1.165, 1.54) is 12.1 Å². The molecular weight excluding hydrogens is 259 g/mol. The standard InChI is InChI=1S/C11H17FN2O3S/c1-8(2)17-6-5-14-18(15,16)9-3-4-11(13)10(12)7-9/h3-4,7-8,14H,5-6,13H2,1-2H3. The largest absolute Gasteiger partial charge is 0.396 e. The van der Waals surface area contributed by atoms with E-state index in [1.807, 2.05) is 13.8 Å². The van der Waals surface area contributed by atoms with E-state index < -0.39 is 15.8 Å². The average Bonchev–Trinajstić information content (AvgIpc) is 2.28. The van der Waals surface area contributed by atoms with Crippen LogP contribution in [-0.2, 0) is 14.8 Å². The number of nitrogen functional groups attached to an aromatic ring is 1. The zero-order valence-corrected chi connectivity index (χ0v) is 11.1. The van der Waals surface area contributed by atoms with Gasteiger partial charge in [-0.25, -0.2) is 17.5 Å². The Bertz CT molecular complexity index is 503. The van der Waals surface area contributed by atoms with E-state index in [9.17, 15) is 12.8 Å². The average molecular weight is 276 g/mol. The second kappa shape index (κ2) is 6.12. The monoisotopic (exact) mass is 276 g/mol. The molecule has 0 saturated heterocycles. The normalized spacial score (nSPS) is 12.0. The molecule has 0 aromatic heterocycles. The lowest BCUT2D eigenvalue weighted by atomic mass is 10.3. The van der Waals surface area contributed by atoms with Crippen LogP contribution in [0.2, 0.25) is 0 Å². The van der Waals surface area contributed by atoms with Crippen molar-refractivity contribution in [2.45, 2.75) is 24.8 Å². The highest BCUT2D eigenvalue weighted by molar-refractivity contribution is 7.89. The molecule has 0 unspecified atom stereocenters. The lowest BCUT2D eigenvalue weighted by molar-refractivity contribution is 0.0834. The first-order valence-corrected chi connectivity index (χ1v) is 6.97. The number of nitrogens with one attached hydrogen (secondary N) is 1. The molecule has 0 saturated carbocycles. The number of rotatable bonds is 6. The summed E-state index contributed by atoms with van der Waals surface area (Å²) in [6.45, 7) is 4.09. The molecule has 0 spiro atoms. The number of anilines is 1. The van der Waals surface area contributed by atoms with Crippen LogP contribution in [0.1, 0.15) is 13.8 Å². The van der Waals surface area contributed by atoms with Crippen LogP contribution in [0.15, 0.2) is 23.1 Å². The van der Waals surface area contributed by atoms with Crippen molar-refractivity contribution in [3.63, 3.8) is 0 Å². The minimum atomic E-state index is -3.72. The van der Waals surface area contributed by atoms with E-state index >= 15 is 0 Å². The van der Waals surface area contributed by atoms with E-state index in [-0.39, 0.29) is 29.8 Å². The second-order valence-electron chi connectivity index (χ2n) is 4.00.